The Morgan fingerprint density at radius 2 is 1.76 bits per heavy atom. The van der Waals surface area contributed by atoms with Crippen LogP contribution in [0.15, 0.2) is 53.1 Å². The van der Waals surface area contributed by atoms with Gasteiger partial charge in [0.25, 0.3) is 0 Å². The van der Waals surface area contributed by atoms with Crippen molar-refractivity contribution in [2.45, 2.75) is 25.7 Å². The molecule has 0 atom stereocenters. The van der Waals surface area contributed by atoms with Gasteiger partial charge in [-0.1, -0.05) is 46.6 Å². The second-order valence-electron chi connectivity index (χ2n) is 7.94. The van der Waals surface area contributed by atoms with E-state index < -0.39 is 5.97 Å². The third-order valence-electron chi connectivity index (χ3n) is 5.83. The lowest BCUT2D eigenvalue weighted by Crippen LogP contribution is -2.06. The van der Waals surface area contributed by atoms with Gasteiger partial charge in [0.1, 0.15) is 5.69 Å². The Morgan fingerprint density at radius 1 is 1.00 bits per heavy atom. The number of rotatable bonds is 5. The van der Waals surface area contributed by atoms with Crippen LogP contribution in [0.1, 0.15) is 34.3 Å². The number of esters is 1. The largest absolute Gasteiger partial charge is 0.465 e. The van der Waals surface area contributed by atoms with Gasteiger partial charge in [0.2, 0.25) is 5.88 Å². The summed E-state index contributed by atoms with van der Waals surface area (Å²) in [6.07, 6.45) is 4.68. The average molecular weight is 495 g/mol. The molecule has 0 fully saturated rings. The number of nitrogens with zero attached hydrogens (tertiary/aromatic N) is 3. The highest BCUT2D eigenvalue weighted by atomic mass is 35.5. The van der Waals surface area contributed by atoms with E-state index in [4.69, 9.17) is 32.5 Å². The third-order valence-corrected chi connectivity index (χ3v) is 6.46. The molecule has 0 radical (unpaired) electrons. The van der Waals surface area contributed by atoms with E-state index in [9.17, 15) is 4.79 Å². The summed E-state index contributed by atoms with van der Waals surface area (Å²) < 4.78 is 10.4. The lowest BCUT2D eigenvalue weighted by atomic mass is 9.90. The molecular weight excluding hydrogens is 475 g/mol. The molecule has 34 heavy (non-hydrogen) atoms. The van der Waals surface area contributed by atoms with Gasteiger partial charge in [-0.15, -0.1) is 10.2 Å². The number of halogens is 2. The standard InChI is InChI=1S/C25H20Cl2N4O3/c1-33-25(32)22-23(21-17(26)7-4-8-18(21)27)31-34-24(22)28-20-12-11-19(29-30-20)16-10-9-14-5-2-3-6-15(14)13-16/h4,7-13H,2-3,5-6H2,1H3,(H,28,30). The highest BCUT2D eigenvalue weighted by Gasteiger charge is 2.28. The van der Waals surface area contributed by atoms with Crippen LogP contribution in [0.2, 0.25) is 10.0 Å². The quantitative estimate of drug-likeness (QED) is 0.316. The van der Waals surface area contributed by atoms with Crippen LogP contribution >= 0.6 is 23.2 Å². The lowest BCUT2D eigenvalue weighted by molar-refractivity contribution is 0.0602. The molecule has 0 saturated carbocycles. The number of ether oxygens (including phenoxy) is 1. The maximum atomic E-state index is 12.6. The molecule has 1 aliphatic carbocycles. The number of carbonyl (C=O) groups excluding carboxylic acids is 1. The molecule has 0 saturated heterocycles. The van der Waals surface area contributed by atoms with Crippen LogP contribution in [-0.4, -0.2) is 28.4 Å². The van der Waals surface area contributed by atoms with Gasteiger partial charge in [-0.2, -0.15) is 0 Å². The van der Waals surface area contributed by atoms with Gasteiger partial charge >= 0.3 is 5.97 Å². The fourth-order valence-corrected chi connectivity index (χ4v) is 4.70. The number of carbonyl (C=O) groups is 1. The van der Waals surface area contributed by atoms with Crippen LogP contribution < -0.4 is 5.32 Å². The Morgan fingerprint density at radius 3 is 2.47 bits per heavy atom. The fraction of sp³-hybridized carbons (Fsp3) is 0.200. The number of aryl methyl sites for hydroxylation is 2. The maximum absolute atomic E-state index is 12.6. The van der Waals surface area contributed by atoms with Gasteiger partial charge in [0.05, 0.1) is 22.8 Å². The Balaban J connectivity index is 1.45. The fourth-order valence-electron chi connectivity index (χ4n) is 4.12. The van der Waals surface area contributed by atoms with E-state index in [0.717, 1.165) is 24.1 Å². The predicted octanol–water partition coefficient (Wildman–Crippen LogP) is 6.51. The zero-order chi connectivity index (χ0) is 23.7. The van der Waals surface area contributed by atoms with E-state index in [1.165, 1.54) is 31.1 Å². The van der Waals surface area contributed by atoms with Crippen molar-refractivity contribution in [2.24, 2.45) is 0 Å². The number of benzene rings is 2. The van der Waals surface area contributed by atoms with Gasteiger partial charge < -0.3 is 14.6 Å². The molecule has 172 valence electrons. The van der Waals surface area contributed by atoms with Gasteiger partial charge in [0.15, 0.2) is 11.4 Å². The number of aromatic nitrogens is 3. The molecule has 2 heterocycles. The van der Waals surface area contributed by atoms with Gasteiger partial charge in [-0.05, 0) is 67.1 Å². The Bertz CT molecular complexity index is 1350. The van der Waals surface area contributed by atoms with Crippen LogP contribution in [-0.2, 0) is 17.6 Å². The van der Waals surface area contributed by atoms with Crippen LogP contribution in [0, 0.1) is 0 Å². The van der Waals surface area contributed by atoms with Crippen molar-refractivity contribution >= 4 is 40.9 Å². The lowest BCUT2D eigenvalue weighted by Gasteiger charge is -2.16. The van der Waals surface area contributed by atoms with E-state index in [2.05, 4.69) is 38.9 Å². The van der Waals surface area contributed by atoms with E-state index in [0.29, 0.717) is 21.4 Å². The molecule has 1 aliphatic rings. The molecular formula is C25H20Cl2N4O3. The van der Waals surface area contributed by atoms with E-state index >= 15 is 0 Å². The van der Waals surface area contributed by atoms with Crippen molar-refractivity contribution in [3.8, 4) is 22.5 Å². The number of nitrogens with one attached hydrogen (secondary N) is 1. The second kappa shape index (κ2) is 9.44. The van der Waals surface area contributed by atoms with E-state index in [1.807, 2.05) is 6.07 Å². The van der Waals surface area contributed by atoms with Crippen molar-refractivity contribution in [1.29, 1.82) is 0 Å². The van der Waals surface area contributed by atoms with Crippen molar-refractivity contribution in [1.82, 2.24) is 15.4 Å². The smallest absolute Gasteiger partial charge is 0.345 e. The van der Waals surface area contributed by atoms with Crippen molar-refractivity contribution in [2.75, 3.05) is 12.4 Å². The maximum Gasteiger partial charge on any atom is 0.345 e. The Labute approximate surface area is 206 Å². The van der Waals surface area contributed by atoms with Crippen LogP contribution in [0.25, 0.3) is 22.5 Å². The van der Waals surface area contributed by atoms with Crippen LogP contribution in [0.3, 0.4) is 0 Å². The molecule has 9 heteroatoms. The first kappa shape index (κ1) is 22.4. The normalized spacial score (nSPS) is 12.8. The molecule has 4 aromatic rings. The molecule has 0 bridgehead atoms. The van der Waals surface area contributed by atoms with Gasteiger partial charge in [0, 0.05) is 11.1 Å². The predicted molar refractivity (Wildman–Crippen MR) is 131 cm³/mol. The van der Waals surface area contributed by atoms with Crippen LogP contribution in [0.4, 0.5) is 11.7 Å². The summed E-state index contributed by atoms with van der Waals surface area (Å²) in [5, 5.41) is 16.2. The second-order valence-corrected chi connectivity index (χ2v) is 8.76. The summed E-state index contributed by atoms with van der Waals surface area (Å²) in [4.78, 5) is 12.6. The van der Waals surface area contributed by atoms with Gasteiger partial charge in [-0.3, -0.25) is 0 Å². The molecule has 1 N–H and O–H groups in total. The molecule has 5 rings (SSSR count). The van der Waals surface area contributed by atoms with Gasteiger partial charge in [-0.25, -0.2) is 4.79 Å². The zero-order valence-corrected chi connectivity index (χ0v) is 19.8. The highest BCUT2D eigenvalue weighted by molar-refractivity contribution is 6.39. The number of methoxy groups -OCH3 is 1. The van der Waals surface area contributed by atoms with Crippen molar-refractivity contribution < 1.29 is 14.1 Å². The summed E-state index contributed by atoms with van der Waals surface area (Å²) in [5.41, 5.74) is 5.16. The first-order chi connectivity index (χ1) is 16.5. The summed E-state index contributed by atoms with van der Waals surface area (Å²) in [7, 11) is 1.27. The van der Waals surface area contributed by atoms with Crippen molar-refractivity contribution in [3.63, 3.8) is 0 Å². The molecule has 0 aliphatic heterocycles. The summed E-state index contributed by atoms with van der Waals surface area (Å²) in [6.45, 7) is 0. The molecule has 2 aromatic carbocycles. The minimum absolute atomic E-state index is 0.0497. The minimum atomic E-state index is -0.659. The number of hydrogen-bond donors (Lipinski definition) is 1. The summed E-state index contributed by atoms with van der Waals surface area (Å²) >= 11 is 12.6. The Kier molecular flexibility index (Phi) is 6.22. The number of fused-ring (bicyclic) bond motifs is 1. The SMILES string of the molecule is COC(=O)c1c(-c2c(Cl)cccc2Cl)noc1Nc1ccc(-c2ccc3c(c2)CCCC3)nn1. The summed E-state index contributed by atoms with van der Waals surface area (Å²) in [6, 6.07) is 15.1. The molecule has 7 nitrogen and oxygen atoms in total. The minimum Gasteiger partial charge on any atom is -0.465 e. The zero-order valence-electron chi connectivity index (χ0n) is 18.3. The van der Waals surface area contributed by atoms with E-state index in [-0.39, 0.29) is 17.1 Å². The van der Waals surface area contributed by atoms with E-state index in [1.54, 1.807) is 24.3 Å². The number of anilines is 2. The topological polar surface area (TPSA) is 90.1 Å². The molecule has 0 spiro atoms. The summed E-state index contributed by atoms with van der Waals surface area (Å²) in [5.74, 6) is -0.234. The Hall–Kier alpha value is -3.42. The first-order valence-corrected chi connectivity index (χ1v) is 11.6. The molecule has 0 unspecified atom stereocenters. The first-order valence-electron chi connectivity index (χ1n) is 10.8. The third kappa shape index (κ3) is 4.24. The monoisotopic (exact) mass is 494 g/mol. The molecule has 0 amide bonds. The average Bonchev–Trinajstić information content (AvgIpc) is 3.26. The highest BCUT2D eigenvalue weighted by Crippen LogP contribution is 2.39. The van der Waals surface area contributed by atoms with Crippen LogP contribution in [0.5, 0.6) is 0 Å². The number of hydrogen-bond acceptors (Lipinski definition) is 7. The molecule has 2 aromatic heterocycles. The van der Waals surface area contributed by atoms with Crippen molar-refractivity contribution in [3.05, 3.63) is 75.3 Å².